The first-order valence-corrected chi connectivity index (χ1v) is 5.57. The van der Waals surface area contributed by atoms with Gasteiger partial charge >= 0.3 is 0 Å². The van der Waals surface area contributed by atoms with Crippen molar-refractivity contribution < 1.29 is 4.74 Å². The van der Waals surface area contributed by atoms with Gasteiger partial charge < -0.3 is 21.5 Å². The summed E-state index contributed by atoms with van der Waals surface area (Å²) in [6, 6.07) is 9.30. The van der Waals surface area contributed by atoms with Crippen LogP contribution < -0.4 is 21.5 Å². The van der Waals surface area contributed by atoms with Gasteiger partial charge in [0.15, 0.2) is 0 Å². The van der Waals surface area contributed by atoms with E-state index in [-0.39, 0.29) is 0 Å². The average Bonchev–Trinajstić information content (AvgIpc) is 2.40. The van der Waals surface area contributed by atoms with Crippen LogP contribution in [0.2, 0.25) is 0 Å². The molecule has 0 saturated carbocycles. The topological polar surface area (TPSA) is 86.2 Å². The molecular formula is C13H16N4O. The quantitative estimate of drug-likeness (QED) is 0.715. The second-order valence-corrected chi connectivity index (χ2v) is 3.90. The number of rotatable bonds is 4. The summed E-state index contributed by atoms with van der Waals surface area (Å²) < 4.78 is 5.07. The normalized spacial score (nSPS) is 10.1. The number of aromatic nitrogens is 1. The van der Waals surface area contributed by atoms with Crippen LogP contribution in [-0.4, -0.2) is 12.1 Å². The molecule has 0 spiro atoms. The standard InChI is InChI=1S/C13H16N4O/c1-18-13-6-9(4-5-16-13)8-17-10-2-3-11(14)12(15)7-10/h2-7,17H,8,14-15H2,1H3. The van der Waals surface area contributed by atoms with Crippen molar-refractivity contribution in [3.05, 3.63) is 42.1 Å². The summed E-state index contributed by atoms with van der Waals surface area (Å²) in [5, 5.41) is 3.26. The predicted molar refractivity (Wildman–Crippen MR) is 73.4 cm³/mol. The van der Waals surface area contributed by atoms with E-state index in [0.717, 1.165) is 11.3 Å². The van der Waals surface area contributed by atoms with E-state index in [9.17, 15) is 0 Å². The van der Waals surface area contributed by atoms with Crippen molar-refractivity contribution in [3.63, 3.8) is 0 Å². The van der Waals surface area contributed by atoms with Crippen molar-refractivity contribution in [1.29, 1.82) is 0 Å². The van der Waals surface area contributed by atoms with E-state index in [0.29, 0.717) is 23.8 Å². The van der Waals surface area contributed by atoms with Crippen molar-refractivity contribution in [2.75, 3.05) is 23.9 Å². The van der Waals surface area contributed by atoms with Crippen molar-refractivity contribution in [2.24, 2.45) is 0 Å². The number of nitrogens with zero attached hydrogens (tertiary/aromatic N) is 1. The second kappa shape index (κ2) is 5.27. The monoisotopic (exact) mass is 244 g/mol. The van der Waals surface area contributed by atoms with E-state index in [1.54, 1.807) is 19.4 Å². The summed E-state index contributed by atoms with van der Waals surface area (Å²) in [5.41, 5.74) is 14.6. The van der Waals surface area contributed by atoms with Crippen molar-refractivity contribution in [1.82, 2.24) is 4.98 Å². The van der Waals surface area contributed by atoms with Crippen molar-refractivity contribution in [2.45, 2.75) is 6.54 Å². The summed E-state index contributed by atoms with van der Waals surface area (Å²) in [4.78, 5) is 4.05. The van der Waals surface area contributed by atoms with Gasteiger partial charge in [0.25, 0.3) is 0 Å². The molecule has 0 bridgehead atoms. The first kappa shape index (κ1) is 12.0. The van der Waals surface area contributed by atoms with E-state index >= 15 is 0 Å². The molecule has 0 atom stereocenters. The summed E-state index contributed by atoms with van der Waals surface area (Å²) in [7, 11) is 1.60. The van der Waals surface area contributed by atoms with Gasteiger partial charge in [-0.05, 0) is 29.8 Å². The van der Waals surface area contributed by atoms with Gasteiger partial charge in [-0.3, -0.25) is 0 Å². The largest absolute Gasteiger partial charge is 0.481 e. The highest BCUT2D eigenvalue weighted by Crippen LogP contribution is 2.20. The number of methoxy groups -OCH3 is 1. The van der Waals surface area contributed by atoms with Crippen LogP contribution in [0.25, 0.3) is 0 Å². The highest BCUT2D eigenvalue weighted by Gasteiger charge is 1.99. The first-order chi connectivity index (χ1) is 8.69. The molecule has 5 nitrogen and oxygen atoms in total. The number of hydrogen-bond donors (Lipinski definition) is 3. The highest BCUT2D eigenvalue weighted by atomic mass is 16.5. The molecule has 5 heteroatoms. The van der Waals surface area contributed by atoms with E-state index in [1.165, 1.54) is 0 Å². The zero-order valence-corrected chi connectivity index (χ0v) is 10.2. The van der Waals surface area contributed by atoms with E-state index < -0.39 is 0 Å². The van der Waals surface area contributed by atoms with Gasteiger partial charge in [0.1, 0.15) is 0 Å². The molecule has 2 aromatic rings. The lowest BCUT2D eigenvalue weighted by atomic mass is 10.2. The molecule has 94 valence electrons. The van der Waals surface area contributed by atoms with Gasteiger partial charge in [-0.1, -0.05) is 0 Å². The molecule has 0 saturated heterocycles. The Balaban J connectivity index is 2.04. The third kappa shape index (κ3) is 2.82. The summed E-state index contributed by atoms with van der Waals surface area (Å²) >= 11 is 0. The Morgan fingerprint density at radius 1 is 1.17 bits per heavy atom. The maximum atomic E-state index is 5.74. The number of nitrogens with one attached hydrogen (secondary N) is 1. The van der Waals surface area contributed by atoms with Crippen molar-refractivity contribution >= 4 is 17.1 Å². The molecule has 1 aromatic heterocycles. The molecular weight excluding hydrogens is 228 g/mol. The Morgan fingerprint density at radius 3 is 2.72 bits per heavy atom. The highest BCUT2D eigenvalue weighted by molar-refractivity contribution is 5.69. The molecule has 0 unspecified atom stereocenters. The van der Waals surface area contributed by atoms with Crippen LogP contribution >= 0.6 is 0 Å². The number of ether oxygens (including phenoxy) is 1. The minimum absolute atomic E-state index is 0.576. The third-order valence-corrected chi connectivity index (χ3v) is 2.59. The zero-order chi connectivity index (χ0) is 13.0. The molecule has 1 aromatic carbocycles. The summed E-state index contributed by atoms with van der Waals surface area (Å²) in [5.74, 6) is 0.603. The second-order valence-electron chi connectivity index (χ2n) is 3.90. The van der Waals surface area contributed by atoms with Gasteiger partial charge in [-0.25, -0.2) is 4.98 Å². The van der Waals surface area contributed by atoms with Gasteiger partial charge in [-0.15, -0.1) is 0 Å². The molecule has 18 heavy (non-hydrogen) atoms. The van der Waals surface area contributed by atoms with Crippen LogP contribution in [0.15, 0.2) is 36.5 Å². The number of hydrogen-bond acceptors (Lipinski definition) is 5. The predicted octanol–water partition coefficient (Wildman–Crippen LogP) is 1.87. The fraction of sp³-hybridized carbons (Fsp3) is 0.154. The lowest BCUT2D eigenvalue weighted by molar-refractivity contribution is 0.397. The smallest absolute Gasteiger partial charge is 0.213 e. The zero-order valence-electron chi connectivity index (χ0n) is 10.2. The Labute approximate surface area is 106 Å². The van der Waals surface area contributed by atoms with E-state index in [2.05, 4.69) is 10.3 Å². The number of anilines is 3. The van der Waals surface area contributed by atoms with Crippen LogP contribution in [0.3, 0.4) is 0 Å². The Kier molecular flexibility index (Phi) is 3.52. The molecule has 5 N–H and O–H groups in total. The molecule has 0 aliphatic heterocycles. The fourth-order valence-electron chi connectivity index (χ4n) is 1.56. The number of pyridine rings is 1. The molecule has 0 amide bonds. The van der Waals surface area contributed by atoms with Crippen LogP contribution in [-0.2, 0) is 6.54 Å². The maximum absolute atomic E-state index is 5.74. The molecule has 0 aliphatic carbocycles. The van der Waals surface area contributed by atoms with Crippen LogP contribution in [0, 0.1) is 0 Å². The van der Waals surface area contributed by atoms with E-state index in [1.807, 2.05) is 24.3 Å². The Morgan fingerprint density at radius 2 is 2.00 bits per heavy atom. The first-order valence-electron chi connectivity index (χ1n) is 5.57. The Hall–Kier alpha value is -2.43. The molecule has 2 rings (SSSR count). The molecule has 0 aliphatic rings. The number of benzene rings is 1. The van der Waals surface area contributed by atoms with Crippen LogP contribution in [0.5, 0.6) is 5.88 Å². The number of nitrogens with two attached hydrogens (primary N) is 2. The lowest BCUT2D eigenvalue weighted by Gasteiger charge is -2.09. The summed E-state index contributed by atoms with van der Waals surface area (Å²) in [6.45, 7) is 0.669. The minimum atomic E-state index is 0.576. The van der Waals surface area contributed by atoms with Crippen molar-refractivity contribution in [3.8, 4) is 5.88 Å². The Bertz CT molecular complexity index is 542. The van der Waals surface area contributed by atoms with Crippen LogP contribution in [0.1, 0.15) is 5.56 Å². The van der Waals surface area contributed by atoms with Gasteiger partial charge in [0.05, 0.1) is 18.5 Å². The fourth-order valence-corrected chi connectivity index (χ4v) is 1.56. The molecule has 0 fully saturated rings. The molecule has 1 heterocycles. The molecule has 0 radical (unpaired) electrons. The average molecular weight is 244 g/mol. The lowest BCUT2D eigenvalue weighted by Crippen LogP contribution is -2.02. The van der Waals surface area contributed by atoms with Crippen LogP contribution in [0.4, 0.5) is 17.1 Å². The maximum Gasteiger partial charge on any atom is 0.213 e. The number of nitrogen functional groups attached to an aromatic ring is 2. The minimum Gasteiger partial charge on any atom is -0.481 e. The van der Waals surface area contributed by atoms with E-state index in [4.69, 9.17) is 16.2 Å². The van der Waals surface area contributed by atoms with Gasteiger partial charge in [-0.2, -0.15) is 0 Å². The van der Waals surface area contributed by atoms with Gasteiger partial charge in [0, 0.05) is 24.5 Å². The van der Waals surface area contributed by atoms with Gasteiger partial charge in [0.2, 0.25) is 5.88 Å². The summed E-state index contributed by atoms with van der Waals surface area (Å²) in [6.07, 6.45) is 1.72. The third-order valence-electron chi connectivity index (χ3n) is 2.59. The SMILES string of the molecule is COc1cc(CNc2ccc(N)c(N)c2)ccn1.